The molecule has 27 heavy (non-hydrogen) atoms. The molecule has 1 aromatic rings. The van der Waals surface area contributed by atoms with E-state index in [1.54, 1.807) is 19.0 Å². The number of nitrogens with one attached hydrogen (secondary N) is 2. The number of amides is 1. The van der Waals surface area contributed by atoms with Gasteiger partial charge in [0.25, 0.3) is 0 Å². The molecule has 1 unspecified atom stereocenters. The second-order valence-corrected chi connectivity index (χ2v) is 7.55. The molecule has 2 rings (SSSR count). The Kier molecular flexibility index (Phi) is 11.9. The smallest absolute Gasteiger partial charge is 0.241 e. The van der Waals surface area contributed by atoms with Gasteiger partial charge in [0.15, 0.2) is 5.96 Å². The molecule has 0 spiro atoms. The standard InChI is InChI=1S/C19H29BrN4O2.HI/c1-24(2)18(25)14-23-19(21-11-10-17-5-3-4-12-26-17)22-13-15-6-8-16(20)9-7-15;/h6-9,17H,3-5,10-14H2,1-2H3,(H2,21,22,23);1H. The number of guanidine groups is 1. The highest BCUT2D eigenvalue weighted by molar-refractivity contribution is 14.0. The van der Waals surface area contributed by atoms with Crippen LogP contribution in [0.1, 0.15) is 31.2 Å². The van der Waals surface area contributed by atoms with Crippen LogP contribution in [-0.4, -0.2) is 56.7 Å². The molecule has 1 atom stereocenters. The predicted molar refractivity (Wildman–Crippen MR) is 124 cm³/mol. The molecule has 0 bridgehead atoms. The van der Waals surface area contributed by atoms with Crippen LogP contribution in [0.15, 0.2) is 33.7 Å². The SMILES string of the molecule is CN(C)C(=O)CNC(=NCc1ccc(Br)cc1)NCCC1CCCCO1.I. The quantitative estimate of drug-likeness (QED) is 0.310. The Morgan fingerprint density at radius 2 is 2.00 bits per heavy atom. The Hall–Kier alpha value is -0.870. The Bertz CT molecular complexity index is 590. The van der Waals surface area contributed by atoms with Crippen LogP contribution < -0.4 is 10.6 Å². The summed E-state index contributed by atoms with van der Waals surface area (Å²) in [7, 11) is 3.49. The van der Waals surface area contributed by atoms with E-state index in [0.29, 0.717) is 18.6 Å². The Morgan fingerprint density at radius 3 is 2.63 bits per heavy atom. The van der Waals surface area contributed by atoms with Gasteiger partial charge in [0, 0.05) is 31.7 Å². The van der Waals surface area contributed by atoms with E-state index in [1.807, 2.05) is 24.3 Å². The van der Waals surface area contributed by atoms with Crippen LogP contribution in [0.25, 0.3) is 0 Å². The van der Waals surface area contributed by atoms with Gasteiger partial charge < -0.3 is 20.3 Å². The van der Waals surface area contributed by atoms with E-state index in [1.165, 1.54) is 6.42 Å². The lowest BCUT2D eigenvalue weighted by atomic mass is 10.1. The van der Waals surface area contributed by atoms with Crippen molar-refractivity contribution >= 4 is 51.8 Å². The second-order valence-electron chi connectivity index (χ2n) is 6.64. The summed E-state index contributed by atoms with van der Waals surface area (Å²) >= 11 is 3.44. The van der Waals surface area contributed by atoms with Gasteiger partial charge in [-0.25, -0.2) is 4.99 Å². The van der Waals surface area contributed by atoms with Crippen molar-refractivity contribution in [3.8, 4) is 0 Å². The minimum atomic E-state index is 0. The maximum Gasteiger partial charge on any atom is 0.241 e. The van der Waals surface area contributed by atoms with Gasteiger partial charge >= 0.3 is 0 Å². The molecule has 1 saturated heterocycles. The molecule has 1 aliphatic rings. The summed E-state index contributed by atoms with van der Waals surface area (Å²) in [4.78, 5) is 18.0. The molecule has 0 saturated carbocycles. The first kappa shape index (κ1) is 24.2. The summed E-state index contributed by atoms with van der Waals surface area (Å²) in [6.45, 7) is 2.41. The number of nitrogens with zero attached hydrogens (tertiary/aromatic N) is 2. The minimum Gasteiger partial charge on any atom is -0.378 e. The zero-order valence-electron chi connectivity index (χ0n) is 16.0. The lowest BCUT2D eigenvalue weighted by Crippen LogP contribution is -2.43. The molecule has 1 fully saturated rings. The highest BCUT2D eigenvalue weighted by Gasteiger charge is 2.13. The third-order valence-electron chi connectivity index (χ3n) is 4.27. The van der Waals surface area contributed by atoms with Gasteiger partial charge in [-0.15, -0.1) is 24.0 Å². The van der Waals surface area contributed by atoms with E-state index in [9.17, 15) is 4.79 Å². The van der Waals surface area contributed by atoms with Gasteiger partial charge in [0.2, 0.25) is 5.91 Å². The van der Waals surface area contributed by atoms with Gasteiger partial charge in [-0.1, -0.05) is 28.1 Å². The summed E-state index contributed by atoms with van der Waals surface area (Å²) in [5.41, 5.74) is 1.11. The van der Waals surface area contributed by atoms with Gasteiger partial charge in [0.05, 0.1) is 19.2 Å². The van der Waals surface area contributed by atoms with Gasteiger partial charge in [-0.3, -0.25) is 4.79 Å². The molecule has 1 aromatic carbocycles. The molecule has 6 nitrogen and oxygen atoms in total. The fourth-order valence-electron chi connectivity index (χ4n) is 2.64. The number of hydrogen-bond acceptors (Lipinski definition) is 3. The minimum absolute atomic E-state index is 0. The molecule has 0 aliphatic carbocycles. The van der Waals surface area contributed by atoms with E-state index in [2.05, 4.69) is 31.6 Å². The van der Waals surface area contributed by atoms with Gasteiger partial charge in [-0.2, -0.15) is 0 Å². The molecule has 1 amide bonds. The van der Waals surface area contributed by atoms with Crippen molar-refractivity contribution in [2.75, 3.05) is 33.8 Å². The number of ether oxygens (including phenoxy) is 1. The topological polar surface area (TPSA) is 66.0 Å². The van der Waals surface area contributed by atoms with Crippen molar-refractivity contribution in [2.45, 2.75) is 38.3 Å². The van der Waals surface area contributed by atoms with Crippen molar-refractivity contribution in [1.29, 1.82) is 0 Å². The van der Waals surface area contributed by atoms with E-state index in [-0.39, 0.29) is 36.4 Å². The maximum atomic E-state index is 11.8. The van der Waals surface area contributed by atoms with Crippen molar-refractivity contribution in [1.82, 2.24) is 15.5 Å². The number of carbonyl (C=O) groups is 1. The van der Waals surface area contributed by atoms with Crippen LogP contribution in [0, 0.1) is 0 Å². The van der Waals surface area contributed by atoms with Crippen LogP contribution in [0.2, 0.25) is 0 Å². The van der Waals surface area contributed by atoms with Crippen LogP contribution in [0.3, 0.4) is 0 Å². The first-order valence-corrected chi connectivity index (χ1v) is 9.92. The molecule has 1 aliphatic heterocycles. The van der Waals surface area contributed by atoms with E-state index in [4.69, 9.17) is 4.74 Å². The van der Waals surface area contributed by atoms with Crippen LogP contribution in [0.4, 0.5) is 0 Å². The molecule has 152 valence electrons. The first-order valence-electron chi connectivity index (χ1n) is 9.13. The summed E-state index contributed by atoms with van der Waals surface area (Å²) in [5.74, 6) is 0.665. The third-order valence-corrected chi connectivity index (χ3v) is 4.80. The van der Waals surface area contributed by atoms with Crippen molar-refractivity contribution in [3.05, 3.63) is 34.3 Å². The Labute approximate surface area is 187 Å². The average molecular weight is 553 g/mol. The van der Waals surface area contributed by atoms with Crippen LogP contribution in [-0.2, 0) is 16.1 Å². The average Bonchev–Trinajstić information content (AvgIpc) is 2.65. The maximum absolute atomic E-state index is 11.8. The normalized spacial score (nSPS) is 17.0. The van der Waals surface area contributed by atoms with Crippen molar-refractivity contribution < 1.29 is 9.53 Å². The third kappa shape index (κ3) is 9.75. The Morgan fingerprint density at radius 1 is 1.26 bits per heavy atom. The van der Waals surface area contributed by atoms with E-state index < -0.39 is 0 Å². The highest BCUT2D eigenvalue weighted by atomic mass is 127. The monoisotopic (exact) mass is 552 g/mol. The van der Waals surface area contributed by atoms with Gasteiger partial charge in [0.1, 0.15) is 0 Å². The fourth-order valence-corrected chi connectivity index (χ4v) is 2.90. The molecule has 1 heterocycles. The zero-order chi connectivity index (χ0) is 18.8. The summed E-state index contributed by atoms with van der Waals surface area (Å²) in [5, 5.41) is 6.44. The molecular formula is C19H30BrIN4O2. The van der Waals surface area contributed by atoms with Crippen LogP contribution >= 0.6 is 39.9 Å². The molecule has 8 heteroatoms. The summed E-state index contributed by atoms with van der Waals surface area (Å²) in [6.07, 6.45) is 4.80. The highest BCUT2D eigenvalue weighted by Crippen LogP contribution is 2.15. The zero-order valence-corrected chi connectivity index (χ0v) is 20.0. The number of carbonyl (C=O) groups excluding carboxylic acids is 1. The number of likely N-dealkylation sites (N-methyl/N-ethyl adjacent to an activating group) is 1. The summed E-state index contributed by atoms with van der Waals surface area (Å²) < 4.78 is 6.81. The number of benzene rings is 1. The largest absolute Gasteiger partial charge is 0.378 e. The molecule has 2 N–H and O–H groups in total. The lowest BCUT2D eigenvalue weighted by molar-refractivity contribution is -0.127. The van der Waals surface area contributed by atoms with E-state index in [0.717, 1.165) is 42.5 Å². The van der Waals surface area contributed by atoms with Crippen molar-refractivity contribution in [2.24, 2.45) is 4.99 Å². The molecule has 0 radical (unpaired) electrons. The predicted octanol–water partition coefficient (Wildman–Crippen LogP) is 3.15. The Balaban J connectivity index is 0.00000364. The van der Waals surface area contributed by atoms with Gasteiger partial charge in [-0.05, 0) is 43.4 Å². The lowest BCUT2D eigenvalue weighted by Gasteiger charge is -2.23. The van der Waals surface area contributed by atoms with Crippen LogP contribution in [0.5, 0.6) is 0 Å². The second kappa shape index (κ2) is 13.3. The number of hydrogen-bond donors (Lipinski definition) is 2. The number of halogens is 2. The first-order chi connectivity index (χ1) is 12.5. The van der Waals surface area contributed by atoms with Crippen molar-refractivity contribution in [3.63, 3.8) is 0 Å². The fraction of sp³-hybridized carbons (Fsp3) is 0.579. The molecule has 0 aromatic heterocycles. The number of aliphatic imine (C=N–C) groups is 1. The van der Waals surface area contributed by atoms with E-state index >= 15 is 0 Å². The summed E-state index contributed by atoms with van der Waals surface area (Å²) in [6, 6.07) is 8.07. The molecular weight excluding hydrogens is 523 g/mol. The number of rotatable bonds is 7.